The average Bonchev–Trinajstić information content (AvgIpc) is 3.17. The summed E-state index contributed by atoms with van der Waals surface area (Å²) in [5.74, 6) is 0.681. The van der Waals surface area contributed by atoms with Gasteiger partial charge in [-0.15, -0.1) is 22.7 Å². The highest BCUT2D eigenvalue weighted by molar-refractivity contribution is 8.01. The molecule has 1 aromatic carbocycles. The van der Waals surface area contributed by atoms with Gasteiger partial charge < -0.3 is 4.90 Å². The first kappa shape index (κ1) is 14.2. The van der Waals surface area contributed by atoms with Crippen LogP contribution in [0.3, 0.4) is 0 Å². The quantitative estimate of drug-likeness (QED) is 0.671. The molecule has 4 rings (SSSR count). The second-order valence-electron chi connectivity index (χ2n) is 5.17. The van der Waals surface area contributed by atoms with E-state index < -0.39 is 0 Å². The number of hydrogen-bond donors (Lipinski definition) is 0. The van der Waals surface area contributed by atoms with Gasteiger partial charge in [-0.2, -0.15) is 0 Å². The Morgan fingerprint density at radius 3 is 3.14 bits per heavy atom. The summed E-state index contributed by atoms with van der Waals surface area (Å²) in [7, 11) is 0. The molecule has 6 heteroatoms. The molecule has 1 aliphatic rings. The molecular weight excluding hydrogens is 332 g/mol. The summed E-state index contributed by atoms with van der Waals surface area (Å²) in [5.41, 5.74) is 2.33. The molecule has 0 saturated heterocycles. The number of nitrogens with zero attached hydrogens (tertiary/aromatic N) is 2. The van der Waals surface area contributed by atoms with Gasteiger partial charge in [0, 0.05) is 18.0 Å². The molecule has 0 unspecified atom stereocenters. The molecule has 22 heavy (non-hydrogen) atoms. The van der Waals surface area contributed by atoms with Crippen LogP contribution in [-0.4, -0.2) is 28.1 Å². The van der Waals surface area contributed by atoms with Crippen molar-refractivity contribution in [3.8, 4) is 0 Å². The fraction of sp³-hybridized carbons (Fsp3) is 0.250. The molecule has 0 fully saturated rings. The molecule has 0 N–H and O–H groups in total. The fourth-order valence-electron chi connectivity index (χ4n) is 2.59. The predicted octanol–water partition coefficient (Wildman–Crippen LogP) is 4.03. The van der Waals surface area contributed by atoms with E-state index in [0.29, 0.717) is 5.75 Å². The third-order valence-corrected chi connectivity index (χ3v) is 6.94. The van der Waals surface area contributed by atoms with Gasteiger partial charge in [-0.25, -0.2) is 4.98 Å². The lowest BCUT2D eigenvalue weighted by Crippen LogP contribution is -2.36. The Morgan fingerprint density at radius 2 is 2.23 bits per heavy atom. The maximum atomic E-state index is 12.4. The fourth-order valence-corrected chi connectivity index (χ4v) is 5.45. The van der Waals surface area contributed by atoms with Crippen LogP contribution in [0.5, 0.6) is 0 Å². The minimum Gasteiger partial charge on any atom is -0.337 e. The largest absolute Gasteiger partial charge is 0.337 e. The van der Waals surface area contributed by atoms with Crippen molar-refractivity contribution >= 4 is 50.6 Å². The van der Waals surface area contributed by atoms with E-state index in [1.165, 1.54) is 15.1 Å². The standard InChI is InChI=1S/C16H14N2OS3/c19-15(18-7-5-13-11(9-18)6-8-20-13)10-21-16-17-12-3-1-2-4-14(12)22-16/h1-4,6,8H,5,7,9-10H2. The Kier molecular flexibility index (Phi) is 3.90. The minimum absolute atomic E-state index is 0.209. The summed E-state index contributed by atoms with van der Waals surface area (Å²) < 4.78 is 2.15. The number of fused-ring (bicyclic) bond motifs is 2. The number of carbonyl (C=O) groups excluding carboxylic acids is 1. The van der Waals surface area contributed by atoms with Crippen molar-refractivity contribution < 1.29 is 4.79 Å². The van der Waals surface area contributed by atoms with E-state index in [-0.39, 0.29) is 5.91 Å². The first-order chi connectivity index (χ1) is 10.8. The van der Waals surface area contributed by atoms with Crippen molar-refractivity contribution in [2.45, 2.75) is 17.3 Å². The van der Waals surface area contributed by atoms with E-state index in [2.05, 4.69) is 22.5 Å². The highest BCUT2D eigenvalue weighted by Crippen LogP contribution is 2.30. The first-order valence-corrected chi connectivity index (χ1v) is 9.79. The number of thiophene rings is 1. The van der Waals surface area contributed by atoms with Crippen LogP contribution >= 0.6 is 34.4 Å². The molecule has 0 bridgehead atoms. The lowest BCUT2D eigenvalue weighted by molar-refractivity contribution is -0.129. The number of thioether (sulfide) groups is 1. The highest BCUT2D eigenvalue weighted by atomic mass is 32.2. The van der Waals surface area contributed by atoms with Gasteiger partial charge in [0.2, 0.25) is 5.91 Å². The molecule has 3 nitrogen and oxygen atoms in total. The summed E-state index contributed by atoms with van der Waals surface area (Å²) in [6, 6.07) is 10.2. The predicted molar refractivity (Wildman–Crippen MR) is 93.8 cm³/mol. The number of amides is 1. The average molecular weight is 347 g/mol. The Hall–Kier alpha value is -1.37. The second-order valence-corrected chi connectivity index (χ2v) is 8.42. The summed E-state index contributed by atoms with van der Waals surface area (Å²) >= 11 is 5.01. The second kappa shape index (κ2) is 6.02. The summed E-state index contributed by atoms with van der Waals surface area (Å²) in [5, 5.41) is 2.12. The Bertz CT molecular complexity index is 791. The number of rotatable bonds is 3. The molecule has 2 aromatic heterocycles. The highest BCUT2D eigenvalue weighted by Gasteiger charge is 2.21. The van der Waals surface area contributed by atoms with E-state index in [0.717, 1.165) is 29.4 Å². The van der Waals surface area contributed by atoms with Crippen LogP contribution in [0.15, 0.2) is 40.1 Å². The zero-order valence-corrected chi connectivity index (χ0v) is 14.3. The van der Waals surface area contributed by atoms with E-state index >= 15 is 0 Å². The van der Waals surface area contributed by atoms with Crippen molar-refractivity contribution in [2.24, 2.45) is 0 Å². The number of thiazole rings is 1. The van der Waals surface area contributed by atoms with E-state index in [1.54, 1.807) is 34.4 Å². The maximum absolute atomic E-state index is 12.4. The van der Waals surface area contributed by atoms with Crippen LogP contribution in [0.1, 0.15) is 10.4 Å². The molecule has 0 saturated carbocycles. The molecule has 0 radical (unpaired) electrons. The number of benzene rings is 1. The number of para-hydroxylation sites is 1. The molecule has 3 aromatic rings. The summed E-state index contributed by atoms with van der Waals surface area (Å²) in [4.78, 5) is 20.4. The van der Waals surface area contributed by atoms with Crippen molar-refractivity contribution in [2.75, 3.05) is 12.3 Å². The van der Waals surface area contributed by atoms with Crippen LogP contribution in [0.25, 0.3) is 10.2 Å². The molecule has 0 spiro atoms. The molecule has 112 valence electrons. The number of aromatic nitrogens is 1. The summed E-state index contributed by atoms with van der Waals surface area (Å²) in [6.07, 6.45) is 0.991. The minimum atomic E-state index is 0.209. The normalized spacial score (nSPS) is 14.3. The van der Waals surface area contributed by atoms with Gasteiger partial charge in [-0.3, -0.25) is 4.79 Å². The van der Waals surface area contributed by atoms with E-state index in [4.69, 9.17) is 0 Å². The molecular formula is C16H14N2OS3. The third kappa shape index (κ3) is 2.78. The van der Waals surface area contributed by atoms with Gasteiger partial charge >= 0.3 is 0 Å². The summed E-state index contributed by atoms with van der Waals surface area (Å²) in [6.45, 7) is 1.60. The Labute approximate surface area is 141 Å². The van der Waals surface area contributed by atoms with Crippen molar-refractivity contribution in [3.05, 3.63) is 46.2 Å². The van der Waals surface area contributed by atoms with Crippen LogP contribution < -0.4 is 0 Å². The van der Waals surface area contributed by atoms with Gasteiger partial charge in [0.05, 0.1) is 16.0 Å². The third-order valence-electron chi connectivity index (χ3n) is 3.75. The molecule has 0 atom stereocenters. The maximum Gasteiger partial charge on any atom is 0.233 e. The smallest absolute Gasteiger partial charge is 0.233 e. The molecule has 0 aliphatic carbocycles. The molecule has 1 aliphatic heterocycles. The lowest BCUT2D eigenvalue weighted by atomic mass is 10.1. The molecule has 3 heterocycles. The van der Waals surface area contributed by atoms with Crippen molar-refractivity contribution in [1.29, 1.82) is 0 Å². The Balaban J connectivity index is 1.40. The topological polar surface area (TPSA) is 33.2 Å². The van der Waals surface area contributed by atoms with Gasteiger partial charge in [-0.05, 0) is 35.6 Å². The first-order valence-electron chi connectivity index (χ1n) is 7.11. The van der Waals surface area contributed by atoms with Gasteiger partial charge in [0.15, 0.2) is 4.34 Å². The SMILES string of the molecule is O=C(CSc1nc2ccccc2s1)N1CCc2sccc2C1. The van der Waals surface area contributed by atoms with Gasteiger partial charge in [0.25, 0.3) is 0 Å². The van der Waals surface area contributed by atoms with Crippen LogP contribution in [0, 0.1) is 0 Å². The molecule has 1 amide bonds. The van der Waals surface area contributed by atoms with E-state index in [9.17, 15) is 4.79 Å². The zero-order chi connectivity index (χ0) is 14.9. The van der Waals surface area contributed by atoms with E-state index in [1.807, 2.05) is 23.1 Å². The van der Waals surface area contributed by atoms with Crippen molar-refractivity contribution in [1.82, 2.24) is 9.88 Å². The van der Waals surface area contributed by atoms with Crippen LogP contribution in [0.4, 0.5) is 0 Å². The van der Waals surface area contributed by atoms with Gasteiger partial charge in [0.1, 0.15) is 0 Å². The van der Waals surface area contributed by atoms with Crippen LogP contribution in [0.2, 0.25) is 0 Å². The lowest BCUT2D eigenvalue weighted by Gasteiger charge is -2.26. The number of hydrogen-bond acceptors (Lipinski definition) is 5. The van der Waals surface area contributed by atoms with Crippen molar-refractivity contribution in [3.63, 3.8) is 0 Å². The van der Waals surface area contributed by atoms with Crippen LogP contribution in [-0.2, 0) is 17.8 Å². The Morgan fingerprint density at radius 1 is 1.32 bits per heavy atom. The van der Waals surface area contributed by atoms with Gasteiger partial charge in [-0.1, -0.05) is 23.9 Å². The number of carbonyl (C=O) groups is 1. The monoisotopic (exact) mass is 346 g/mol. The zero-order valence-electron chi connectivity index (χ0n) is 11.8.